The molecule has 0 aromatic carbocycles. The molecule has 2 heterocycles. The molecule has 0 aliphatic carbocycles. The Kier molecular flexibility index (Phi) is 2.40. The number of nitriles is 2. The summed E-state index contributed by atoms with van der Waals surface area (Å²) in [4.78, 5) is 7.85. The fourth-order valence-electron chi connectivity index (χ4n) is 1.41. The lowest BCUT2D eigenvalue weighted by Gasteiger charge is -2.03. The molecule has 2 aromatic rings. The van der Waals surface area contributed by atoms with E-state index >= 15 is 0 Å². The summed E-state index contributed by atoms with van der Waals surface area (Å²) in [5.41, 5.74) is 1.38. The van der Waals surface area contributed by atoms with Crippen molar-refractivity contribution in [3.05, 3.63) is 35.9 Å². The van der Waals surface area contributed by atoms with Crippen LogP contribution in [0.15, 0.2) is 18.9 Å². The molecule has 0 bridgehead atoms. The lowest BCUT2D eigenvalue weighted by molar-refractivity contribution is 0.716. The van der Waals surface area contributed by atoms with Crippen LogP contribution in [0.4, 0.5) is 0 Å². The van der Waals surface area contributed by atoms with Gasteiger partial charge in [-0.15, -0.1) is 0 Å². The van der Waals surface area contributed by atoms with Crippen LogP contribution in [0, 0.1) is 22.7 Å². The first kappa shape index (κ1) is 9.94. The molecular formula is C10H8N6. The van der Waals surface area contributed by atoms with E-state index in [1.807, 2.05) is 23.8 Å². The normalized spacial score (nSPS) is 9.69. The first-order chi connectivity index (χ1) is 7.76. The minimum Gasteiger partial charge on any atom is -0.336 e. The van der Waals surface area contributed by atoms with Gasteiger partial charge in [0.25, 0.3) is 0 Å². The summed E-state index contributed by atoms with van der Waals surface area (Å²) in [6.07, 6.45) is 4.89. The van der Waals surface area contributed by atoms with Crippen molar-refractivity contribution in [3.63, 3.8) is 0 Å². The summed E-state index contributed by atoms with van der Waals surface area (Å²) < 4.78 is 3.49. The van der Waals surface area contributed by atoms with Crippen molar-refractivity contribution in [1.29, 1.82) is 10.5 Å². The number of nitrogens with zero attached hydrogens (tertiary/aromatic N) is 6. The summed E-state index contributed by atoms with van der Waals surface area (Å²) in [7, 11) is 1.87. The van der Waals surface area contributed by atoms with Gasteiger partial charge < -0.3 is 9.13 Å². The number of aromatic nitrogens is 4. The van der Waals surface area contributed by atoms with Crippen LogP contribution >= 0.6 is 0 Å². The van der Waals surface area contributed by atoms with Gasteiger partial charge in [-0.1, -0.05) is 0 Å². The Morgan fingerprint density at radius 2 is 2.12 bits per heavy atom. The highest BCUT2D eigenvalue weighted by Crippen LogP contribution is 2.08. The minimum absolute atomic E-state index is 0.157. The lowest BCUT2D eigenvalue weighted by Crippen LogP contribution is -2.05. The summed E-state index contributed by atoms with van der Waals surface area (Å²) >= 11 is 0. The number of hydrogen-bond acceptors (Lipinski definition) is 4. The molecule has 0 N–H and O–H groups in total. The SMILES string of the molecule is Cn1cncc1Cn1cnc(C#N)c1C#N. The van der Waals surface area contributed by atoms with E-state index in [9.17, 15) is 0 Å². The van der Waals surface area contributed by atoms with Crippen molar-refractivity contribution in [1.82, 2.24) is 19.1 Å². The standard InChI is InChI=1S/C10H8N6/c1-15-6-13-4-8(15)5-16-7-14-9(2-11)10(16)3-12/h4,6-7H,5H2,1H3. The molecule has 78 valence electrons. The summed E-state index contributed by atoms with van der Waals surface area (Å²) in [6.45, 7) is 0.480. The van der Waals surface area contributed by atoms with Crippen molar-refractivity contribution >= 4 is 0 Å². The average molecular weight is 212 g/mol. The van der Waals surface area contributed by atoms with Gasteiger partial charge in [-0.3, -0.25) is 0 Å². The van der Waals surface area contributed by atoms with Crippen LogP contribution in [-0.2, 0) is 13.6 Å². The summed E-state index contributed by atoms with van der Waals surface area (Å²) in [6, 6.07) is 3.86. The summed E-state index contributed by atoms with van der Waals surface area (Å²) in [5.74, 6) is 0. The maximum atomic E-state index is 8.93. The maximum Gasteiger partial charge on any atom is 0.176 e. The molecule has 0 fully saturated rings. The van der Waals surface area contributed by atoms with Crippen LogP contribution in [0.2, 0.25) is 0 Å². The fraction of sp³-hybridized carbons (Fsp3) is 0.200. The van der Waals surface area contributed by atoms with Crippen LogP contribution in [0.3, 0.4) is 0 Å². The van der Waals surface area contributed by atoms with E-state index in [-0.39, 0.29) is 11.4 Å². The monoisotopic (exact) mass is 212 g/mol. The number of imidazole rings is 2. The average Bonchev–Trinajstić information content (AvgIpc) is 2.86. The van der Waals surface area contributed by atoms with E-state index in [4.69, 9.17) is 10.5 Å². The number of rotatable bonds is 2. The Morgan fingerprint density at radius 1 is 1.31 bits per heavy atom. The predicted octanol–water partition coefficient (Wildman–Crippen LogP) is 0.408. The first-order valence-electron chi connectivity index (χ1n) is 4.56. The molecule has 16 heavy (non-hydrogen) atoms. The topological polar surface area (TPSA) is 83.2 Å². The second-order valence-electron chi connectivity index (χ2n) is 3.29. The zero-order valence-electron chi connectivity index (χ0n) is 8.62. The molecular weight excluding hydrogens is 204 g/mol. The molecule has 0 amide bonds. The molecule has 2 aromatic heterocycles. The van der Waals surface area contributed by atoms with Gasteiger partial charge in [-0.2, -0.15) is 10.5 Å². The third kappa shape index (κ3) is 1.53. The first-order valence-corrected chi connectivity index (χ1v) is 4.56. The largest absolute Gasteiger partial charge is 0.336 e. The highest BCUT2D eigenvalue weighted by atomic mass is 15.1. The Hall–Kier alpha value is -2.60. The third-order valence-corrected chi connectivity index (χ3v) is 2.30. The Labute approximate surface area is 92.0 Å². The Bertz CT molecular complexity index is 592. The minimum atomic E-state index is 0.157. The highest BCUT2D eigenvalue weighted by Gasteiger charge is 2.10. The molecule has 6 heteroatoms. The van der Waals surface area contributed by atoms with Gasteiger partial charge in [0.05, 0.1) is 24.9 Å². The van der Waals surface area contributed by atoms with Gasteiger partial charge in [0.2, 0.25) is 0 Å². The van der Waals surface area contributed by atoms with Gasteiger partial charge in [-0.25, -0.2) is 9.97 Å². The van der Waals surface area contributed by atoms with E-state index in [2.05, 4.69) is 9.97 Å². The fourth-order valence-corrected chi connectivity index (χ4v) is 1.41. The molecule has 0 aliphatic rings. The van der Waals surface area contributed by atoms with E-state index in [0.717, 1.165) is 5.69 Å². The van der Waals surface area contributed by atoms with Gasteiger partial charge in [-0.05, 0) is 0 Å². The molecule has 6 nitrogen and oxygen atoms in total. The van der Waals surface area contributed by atoms with Gasteiger partial charge in [0.1, 0.15) is 12.1 Å². The van der Waals surface area contributed by atoms with E-state index in [0.29, 0.717) is 6.54 Å². The summed E-state index contributed by atoms with van der Waals surface area (Å²) in [5, 5.41) is 17.7. The maximum absolute atomic E-state index is 8.93. The van der Waals surface area contributed by atoms with E-state index < -0.39 is 0 Å². The van der Waals surface area contributed by atoms with Crippen molar-refractivity contribution in [3.8, 4) is 12.1 Å². The van der Waals surface area contributed by atoms with Crippen LogP contribution in [0.25, 0.3) is 0 Å². The molecule has 0 atom stereocenters. The van der Waals surface area contributed by atoms with Crippen LogP contribution in [-0.4, -0.2) is 19.1 Å². The quantitative estimate of drug-likeness (QED) is 0.721. The van der Waals surface area contributed by atoms with Gasteiger partial charge in [0, 0.05) is 13.2 Å². The van der Waals surface area contributed by atoms with Crippen LogP contribution in [0.1, 0.15) is 17.1 Å². The Balaban J connectivity index is 2.37. The highest BCUT2D eigenvalue weighted by molar-refractivity contribution is 5.36. The Morgan fingerprint density at radius 3 is 2.69 bits per heavy atom. The van der Waals surface area contributed by atoms with Crippen molar-refractivity contribution in [2.24, 2.45) is 7.05 Å². The van der Waals surface area contributed by atoms with Crippen molar-refractivity contribution in [2.45, 2.75) is 6.54 Å². The van der Waals surface area contributed by atoms with E-state index in [1.165, 1.54) is 6.33 Å². The molecule has 0 saturated heterocycles. The van der Waals surface area contributed by atoms with Gasteiger partial charge >= 0.3 is 0 Å². The number of hydrogen-bond donors (Lipinski definition) is 0. The molecule has 0 unspecified atom stereocenters. The van der Waals surface area contributed by atoms with E-state index in [1.54, 1.807) is 17.1 Å². The molecule has 0 radical (unpaired) electrons. The van der Waals surface area contributed by atoms with Crippen LogP contribution in [0.5, 0.6) is 0 Å². The van der Waals surface area contributed by atoms with Gasteiger partial charge in [0.15, 0.2) is 11.4 Å². The third-order valence-electron chi connectivity index (χ3n) is 2.30. The molecule has 0 saturated carbocycles. The smallest absolute Gasteiger partial charge is 0.176 e. The second-order valence-corrected chi connectivity index (χ2v) is 3.29. The predicted molar refractivity (Wildman–Crippen MR) is 54.0 cm³/mol. The second kappa shape index (κ2) is 3.87. The number of aryl methyl sites for hydroxylation is 1. The van der Waals surface area contributed by atoms with Crippen molar-refractivity contribution < 1.29 is 0 Å². The van der Waals surface area contributed by atoms with Crippen LogP contribution < -0.4 is 0 Å². The molecule has 0 aliphatic heterocycles. The molecule has 0 spiro atoms. The zero-order valence-corrected chi connectivity index (χ0v) is 8.62. The zero-order chi connectivity index (χ0) is 11.5. The van der Waals surface area contributed by atoms with Crippen molar-refractivity contribution in [2.75, 3.05) is 0 Å². The lowest BCUT2D eigenvalue weighted by atomic mass is 10.3. The molecule has 2 rings (SSSR count).